The molecule has 0 saturated heterocycles. The molecule has 4 aromatic rings. The van der Waals surface area contributed by atoms with E-state index in [1.807, 2.05) is 65.4 Å². The van der Waals surface area contributed by atoms with Crippen LogP contribution in [0.15, 0.2) is 82.2 Å². The molecule has 0 unspecified atom stereocenters. The number of aromatic nitrogens is 3. The summed E-state index contributed by atoms with van der Waals surface area (Å²) in [7, 11) is 3.17. The molecule has 0 bridgehead atoms. The second-order valence-corrected chi connectivity index (χ2v) is 8.31. The first-order valence-electron chi connectivity index (χ1n) is 10.9. The molecule has 166 valence electrons. The number of allylic oxidation sites excluding steroid dienone is 2. The standard InChI is InChI=1S/C26H24N4O3/c1-28-22-16-30(21-14-7-6-13-20(21)27-18-11-8-12-19(31)15-18)24(17-9-4-3-5-10-17)23(22)25(32)29(2)26(28)33/h3-7,9-10,13-16,27H,8,11-12H2,1-2H3. The van der Waals surface area contributed by atoms with Crippen molar-refractivity contribution in [2.75, 3.05) is 5.32 Å². The van der Waals surface area contributed by atoms with Crippen molar-refractivity contribution in [1.82, 2.24) is 13.7 Å². The number of hydrogen-bond donors (Lipinski definition) is 1. The van der Waals surface area contributed by atoms with Gasteiger partial charge in [0.2, 0.25) is 0 Å². The Labute approximate surface area is 190 Å². The normalized spacial score (nSPS) is 13.9. The zero-order chi connectivity index (χ0) is 23.1. The summed E-state index contributed by atoms with van der Waals surface area (Å²) in [4.78, 5) is 37.8. The molecule has 7 heteroatoms. The van der Waals surface area contributed by atoms with Crippen LogP contribution in [-0.4, -0.2) is 19.5 Å². The molecule has 0 fully saturated rings. The summed E-state index contributed by atoms with van der Waals surface area (Å²) in [5.41, 5.74) is 3.94. The van der Waals surface area contributed by atoms with E-state index >= 15 is 0 Å². The lowest BCUT2D eigenvalue weighted by molar-refractivity contribution is -0.115. The highest BCUT2D eigenvalue weighted by molar-refractivity contribution is 5.95. The Hall–Kier alpha value is -4.13. The van der Waals surface area contributed by atoms with Gasteiger partial charge in [-0.2, -0.15) is 0 Å². The number of carbonyl (C=O) groups is 1. The van der Waals surface area contributed by atoms with Crippen molar-refractivity contribution in [3.05, 3.63) is 93.4 Å². The molecule has 2 aromatic heterocycles. The van der Waals surface area contributed by atoms with Gasteiger partial charge >= 0.3 is 5.69 Å². The number of nitrogens with zero attached hydrogens (tertiary/aromatic N) is 3. The van der Waals surface area contributed by atoms with E-state index in [1.165, 1.54) is 11.6 Å². The lowest BCUT2D eigenvalue weighted by Gasteiger charge is -2.19. The highest BCUT2D eigenvalue weighted by Crippen LogP contribution is 2.34. The molecule has 0 radical (unpaired) electrons. The van der Waals surface area contributed by atoms with Crippen LogP contribution in [0.4, 0.5) is 5.69 Å². The fourth-order valence-corrected chi connectivity index (χ4v) is 4.46. The average molecular weight is 441 g/mol. The number of benzene rings is 2. The van der Waals surface area contributed by atoms with Gasteiger partial charge in [-0.05, 0) is 30.5 Å². The van der Waals surface area contributed by atoms with Gasteiger partial charge in [-0.1, -0.05) is 42.5 Å². The Balaban J connectivity index is 1.81. The highest BCUT2D eigenvalue weighted by atomic mass is 16.2. The van der Waals surface area contributed by atoms with E-state index in [0.29, 0.717) is 23.0 Å². The Morgan fingerprint density at radius 2 is 1.58 bits per heavy atom. The van der Waals surface area contributed by atoms with Crippen LogP contribution in [-0.2, 0) is 18.9 Å². The molecule has 2 heterocycles. The third-order valence-corrected chi connectivity index (χ3v) is 6.15. The van der Waals surface area contributed by atoms with Gasteiger partial charge in [0.25, 0.3) is 5.56 Å². The third kappa shape index (κ3) is 3.51. The largest absolute Gasteiger partial charge is 0.357 e. The summed E-state index contributed by atoms with van der Waals surface area (Å²) < 4.78 is 4.59. The summed E-state index contributed by atoms with van der Waals surface area (Å²) in [5.74, 6) is 0.122. The minimum atomic E-state index is -0.374. The quantitative estimate of drug-likeness (QED) is 0.524. The molecule has 7 nitrogen and oxygen atoms in total. The lowest BCUT2D eigenvalue weighted by Crippen LogP contribution is -2.36. The van der Waals surface area contributed by atoms with Gasteiger partial charge in [-0.3, -0.25) is 18.7 Å². The minimum absolute atomic E-state index is 0.122. The number of carbonyl (C=O) groups excluding carboxylic acids is 1. The van der Waals surface area contributed by atoms with E-state index in [0.717, 1.165) is 40.0 Å². The van der Waals surface area contributed by atoms with Crippen molar-refractivity contribution in [3.8, 4) is 16.9 Å². The minimum Gasteiger partial charge on any atom is -0.357 e. The molecule has 5 rings (SSSR count). The van der Waals surface area contributed by atoms with Crippen LogP contribution in [0.3, 0.4) is 0 Å². The van der Waals surface area contributed by atoms with Crippen molar-refractivity contribution in [3.63, 3.8) is 0 Å². The Morgan fingerprint density at radius 1 is 0.848 bits per heavy atom. The smallest absolute Gasteiger partial charge is 0.330 e. The first-order chi connectivity index (χ1) is 16.0. The van der Waals surface area contributed by atoms with E-state index in [-0.39, 0.29) is 17.0 Å². The van der Waals surface area contributed by atoms with Crippen molar-refractivity contribution in [2.45, 2.75) is 19.3 Å². The van der Waals surface area contributed by atoms with E-state index < -0.39 is 0 Å². The van der Waals surface area contributed by atoms with Crippen molar-refractivity contribution in [2.24, 2.45) is 14.1 Å². The van der Waals surface area contributed by atoms with Crippen LogP contribution in [0.1, 0.15) is 19.3 Å². The lowest BCUT2D eigenvalue weighted by atomic mass is 10.0. The number of para-hydroxylation sites is 2. The number of nitrogens with one attached hydrogen (secondary N) is 1. The third-order valence-electron chi connectivity index (χ3n) is 6.15. The van der Waals surface area contributed by atoms with Crippen LogP contribution in [0, 0.1) is 0 Å². The molecule has 2 aromatic carbocycles. The maximum Gasteiger partial charge on any atom is 0.330 e. The first-order valence-corrected chi connectivity index (χ1v) is 10.9. The Kier molecular flexibility index (Phi) is 5.09. The highest BCUT2D eigenvalue weighted by Gasteiger charge is 2.21. The predicted octanol–water partition coefficient (Wildman–Crippen LogP) is 3.74. The van der Waals surface area contributed by atoms with E-state index in [1.54, 1.807) is 13.1 Å². The monoisotopic (exact) mass is 440 g/mol. The zero-order valence-electron chi connectivity index (χ0n) is 18.5. The molecule has 0 aliphatic heterocycles. The molecule has 33 heavy (non-hydrogen) atoms. The predicted molar refractivity (Wildman–Crippen MR) is 130 cm³/mol. The van der Waals surface area contributed by atoms with Gasteiger partial charge in [0.05, 0.1) is 28.0 Å². The molecular formula is C26H24N4O3. The van der Waals surface area contributed by atoms with Gasteiger partial charge < -0.3 is 9.88 Å². The number of fused-ring (bicyclic) bond motifs is 1. The van der Waals surface area contributed by atoms with Gasteiger partial charge in [0, 0.05) is 38.5 Å². The molecular weight excluding hydrogens is 416 g/mol. The maximum atomic E-state index is 13.3. The molecule has 0 spiro atoms. The average Bonchev–Trinajstić information content (AvgIpc) is 3.23. The fourth-order valence-electron chi connectivity index (χ4n) is 4.46. The summed E-state index contributed by atoms with van der Waals surface area (Å²) in [6, 6.07) is 17.4. The second kappa shape index (κ2) is 8.09. The molecule has 1 aliphatic rings. The van der Waals surface area contributed by atoms with Crippen LogP contribution >= 0.6 is 0 Å². The summed E-state index contributed by atoms with van der Waals surface area (Å²) >= 11 is 0. The summed E-state index contributed by atoms with van der Waals surface area (Å²) in [6.07, 6.45) is 5.70. The number of ketones is 1. The van der Waals surface area contributed by atoms with Gasteiger partial charge in [-0.15, -0.1) is 0 Å². The van der Waals surface area contributed by atoms with Crippen LogP contribution in [0.2, 0.25) is 0 Å². The van der Waals surface area contributed by atoms with Crippen LogP contribution < -0.4 is 16.6 Å². The SMILES string of the molecule is Cn1c(=O)c2c(-c3ccccc3)n(-c3ccccc3NC3=CC(=O)CCC3)cc2n(C)c1=O. The zero-order valence-corrected chi connectivity index (χ0v) is 18.5. The summed E-state index contributed by atoms with van der Waals surface area (Å²) in [6.45, 7) is 0. The molecule has 0 saturated carbocycles. The maximum absolute atomic E-state index is 13.3. The Morgan fingerprint density at radius 3 is 2.33 bits per heavy atom. The topological polar surface area (TPSA) is 78.0 Å². The number of hydrogen-bond acceptors (Lipinski definition) is 4. The molecule has 1 N–H and O–H groups in total. The van der Waals surface area contributed by atoms with E-state index in [4.69, 9.17) is 0 Å². The van der Waals surface area contributed by atoms with Crippen molar-refractivity contribution in [1.29, 1.82) is 0 Å². The van der Waals surface area contributed by atoms with E-state index in [9.17, 15) is 14.4 Å². The number of aryl methyl sites for hydroxylation is 1. The molecule has 0 amide bonds. The molecule has 0 atom stereocenters. The van der Waals surface area contributed by atoms with Crippen molar-refractivity contribution >= 4 is 22.4 Å². The second-order valence-electron chi connectivity index (χ2n) is 8.31. The van der Waals surface area contributed by atoms with Gasteiger partial charge in [-0.25, -0.2) is 4.79 Å². The van der Waals surface area contributed by atoms with E-state index in [2.05, 4.69) is 5.32 Å². The summed E-state index contributed by atoms with van der Waals surface area (Å²) in [5, 5.41) is 3.90. The number of rotatable bonds is 4. The Bertz CT molecular complexity index is 1540. The van der Waals surface area contributed by atoms with Gasteiger partial charge in [0.15, 0.2) is 5.78 Å². The van der Waals surface area contributed by atoms with Gasteiger partial charge in [0.1, 0.15) is 0 Å². The van der Waals surface area contributed by atoms with Crippen LogP contribution in [0.25, 0.3) is 27.8 Å². The van der Waals surface area contributed by atoms with Crippen molar-refractivity contribution < 1.29 is 4.79 Å². The number of anilines is 1. The molecule has 1 aliphatic carbocycles. The fraction of sp³-hybridized carbons (Fsp3) is 0.192. The first kappa shape index (κ1) is 20.8. The van der Waals surface area contributed by atoms with Crippen LogP contribution in [0.5, 0.6) is 0 Å².